The van der Waals surface area contributed by atoms with Gasteiger partial charge >= 0.3 is 11.9 Å². The quantitative estimate of drug-likeness (QED) is 0.228. The summed E-state index contributed by atoms with van der Waals surface area (Å²) < 4.78 is 0. The summed E-state index contributed by atoms with van der Waals surface area (Å²) in [7, 11) is 0. The van der Waals surface area contributed by atoms with Crippen molar-refractivity contribution in [3.63, 3.8) is 0 Å². The second-order valence-electron chi connectivity index (χ2n) is 8.21. The lowest BCUT2D eigenvalue weighted by Crippen LogP contribution is -2.57. The lowest BCUT2D eigenvalue weighted by Gasteiger charge is -2.23. The molecule has 0 aromatic heterocycles. The van der Waals surface area contributed by atoms with E-state index in [1.54, 1.807) is 44.2 Å². The molecule has 33 heavy (non-hydrogen) atoms. The fraction of sp³-hybridized carbons (Fsp3) is 0.500. The van der Waals surface area contributed by atoms with Crippen molar-refractivity contribution >= 4 is 29.7 Å². The van der Waals surface area contributed by atoms with Crippen LogP contribution in [0.5, 0.6) is 0 Å². The summed E-state index contributed by atoms with van der Waals surface area (Å²) in [6.45, 7) is 4.92. The summed E-state index contributed by atoms with van der Waals surface area (Å²) in [5, 5.41) is 25.3. The maximum atomic E-state index is 12.6. The number of rotatable bonds is 13. The van der Waals surface area contributed by atoms with Gasteiger partial charge in [0.15, 0.2) is 0 Å². The molecule has 0 heterocycles. The van der Waals surface area contributed by atoms with Crippen LogP contribution in [0.2, 0.25) is 0 Å². The van der Waals surface area contributed by atoms with Gasteiger partial charge in [-0.2, -0.15) is 0 Å². The third-order valence-electron chi connectivity index (χ3n) is 4.72. The van der Waals surface area contributed by atoms with Crippen LogP contribution in [0.4, 0.5) is 0 Å². The first-order valence-electron chi connectivity index (χ1n) is 10.6. The number of hydrogen-bond donors (Lipinski definition) is 6. The number of hydrogen-bond acceptors (Lipinski definition) is 6. The van der Waals surface area contributed by atoms with Gasteiger partial charge in [-0.3, -0.25) is 19.2 Å². The topological polar surface area (TPSA) is 188 Å². The summed E-state index contributed by atoms with van der Waals surface area (Å²) in [4.78, 5) is 59.9. The Bertz CT molecular complexity index is 844. The van der Waals surface area contributed by atoms with Gasteiger partial charge < -0.3 is 31.9 Å². The number of nitrogens with one attached hydrogen (secondary N) is 3. The van der Waals surface area contributed by atoms with Crippen molar-refractivity contribution in [3.8, 4) is 0 Å². The molecule has 0 saturated heterocycles. The van der Waals surface area contributed by atoms with E-state index in [1.165, 1.54) is 6.92 Å². The van der Waals surface area contributed by atoms with Crippen LogP contribution in [0.3, 0.4) is 0 Å². The number of carboxylic acids is 2. The fourth-order valence-corrected chi connectivity index (χ4v) is 2.99. The van der Waals surface area contributed by atoms with Crippen molar-refractivity contribution in [2.75, 3.05) is 0 Å². The van der Waals surface area contributed by atoms with Crippen molar-refractivity contribution in [2.24, 2.45) is 11.7 Å². The molecule has 0 spiro atoms. The highest BCUT2D eigenvalue weighted by atomic mass is 16.4. The molecule has 0 fully saturated rings. The summed E-state index contributed by atoms with van der Waals surface area (Å²) in [6.07, 6.45) is -0.354. The van der Waals surface area contributed by atoms with Crippen molar-refractivity contribution in [3.05, 3.63) is 35.9 Å². The van der Waals surface area contributed by atoms with Crippen LogP contribution in [0.15, 0.2) is 30.3 Å². The minimum Gasteiger partial charge on any atom is -0.481 e. The highest BCUT2D eigenvalue weighted by Gasteiger charge is 2.30. The molecule has 0 saturated carbocycles. The standard InChI is InChI=1S/C22H32N4O7/c1-12(2)9-17(22(32)33)26-19(29)13(3)24-21(31)16(11-18(27)28)25-20(30)15(23)10-14-7-5-4-6-8-14/h4-8,12-13,15-17H,9-11,23H2,1-3H3,(H,24,31)(H,25,30)(H,26,29)(H,27,28)(H,32,33). The third-order valence-corrected chi connectivity index (χ3v) is 4.72. The van der Waals surface area contributed by atoms with Gasteiger partial charge in [0, 0.05) is 0 Å². The summed E-state index contributed by atoms with van der Waals surface area (Å²) >= 11 is 0. The maximum absolute atomic E-state index is 12.6. The van der Waals surface area contributed by atoms with Crippen molar-refractivity contribution in [1.82, 2.24) is 16.0 Å². The summed E-state index contributed by atoms with van der Waals surface area (Å²) in [5.41, 5.74) is 6.68. The Labute approximate surface area is 192 Å². The zero-order valence-electron chi connectivity index (χ0n) is 18.9. The SMILES string of the molecule is CC(C)CC(NC(=O)C(C)NC(=O)C(CC(=O)O)NC(=O)C(N)Cc1ccccc1)C(=O)O. The molecule has 1 aromatic carbocycles. The molecule has 0 radical (unpaired) electrons. The van der Waals surface area contributed by atoms with Crippen LogP contribution in [-0.2, 0) is 30.4 Å². The Morgan fingerprint density at radius 1 is 0.848 bits per heavy atom. The van der Waals surface area contributed by atoms with Gasteiger partial charge in [0.25, 0.3) is 0 Å². The van der Waals surface area contributed by atoms with Crippen molar-refractivity contribution in [1.29, 1.82) is 0 Å². The van der Waals surface area contributed by atoms with E-state index >= 15 is 0 Å². The number of benzene rings is 1. The Kier molecular flexibility index (Phi) is 11.0. The molecule has 3 amide bonds. The van der Waals surface area contributed by atoms with Gasteiger partial charge in [-0.05, 0) is 31.2 Å². The van der Waals surface area contributed by atoms with E-state index in [2.05, 4.69) is 16.0 Å². The normalized spacial score (nSPS) is 14.5. The van der Waals surface area contributed by atoms with Crippen LogP contribution in [0, 0.1) is 5.92 Å². The first-order valence-corrected chi connectivity index (χ1v) is 10.6. The van der Waals surface area contributed by atoms with Crippen molar-refractivity contribution < 1.29 is 34.2 Å². The Hall–Kier alpha value is -3.47. The van der Waals surface area contributed by atoms with Gasteiger partial charge in [-0.15, -0.1) is 0 Å². The van der Waals surface area contributed by atoms with E-state index in [-0.39, 0.29) is 18.8 Å². The molecule has 1 rings (SSSR count). The van der Waals surface area contributed by atoms with Crippen LogP contribution < -0.4 is 21.7 Å². The highest BCUT2D eigenvalue weighted by Crippen LogP contribution is 2.06. The first-order chi connectivity index (χ1) is 15.4. The van der Waals surface area contributed by atoms with E-state index in [4.69, 9.17) is 10.8 Å². The number of carbonyl (C=O) groups is 5. The predicted molar refractivity (Wildman–Crippen MR) is 119 cm³/mol. The zero-order valence-corrected chi connectivity index (χ0v) is 18.9. The largest absolute Gasteiger partial charge is 0.481 e. The first kappa shape index (κ1) is 27.6. The van der Waals surface area contributed by atoms with E-state index in [0.717, 1.165) is 5.56 Å². The molecule has 7 N–H and O–H groups in total. The molecule has 0 aliphatic carbocycles. The number of amides is 3. The van der Waals surface area contributed by atoms with E-state index in [9.17, 15) is 29.1 Å². The van der Waals surface area contributed by atoms with Crippen molar-refractivity contribution in [2.45, 2.75) is 64.2 Å². The second kappa shape index (κ2) is 13.2. The molecule has 11 heteroatoms. The van der Waals surface area contributed by atoms with Crippen LogP contribution in [0.25, 0.3) is 0 Å². The fourth-order valence-electron chi connectivity index (χ4n) is 2.99. The van der Waals surface area contributed by atoms with Gasteiger partial charge in [-0.25, -0.2) is 4.79 Å². The Morgan fingerprint density at radius 3 is 1.94 bits per heavy atom. The Morgan fingerprint density at radius 2 is 1.42 bits per heavy atom. The van der Waals surface area contributed by atoms with Gasteiger partial charge in [0.05, 0.1) is 12.5 Å². The average Bonchev–Trinajstić information content (AvgIpc) is 2.72. The summed E-state index contributed by atoms with van der Waals surface area (Å²) in [6, 6.07) is 4.12. The average molecular weight is 465 g/mol. The van der Waals surface area contributed by atoms with Gasteiger partial charge in [0.1, 0.15) is 18.1 Å². The molecule has 0 aliphatic heterocycles. The molecule has 0 bridgehead atoms. The lowest BCUT2D eigenvalue weighted by molar-refractivity contribution is -0.143. The zero-order chi connectivity index (χ0) is 25.1. The second-order valence-corrected chi connectivity index (χ2v) is 8.21. The monoisotopic (exact) mass is 464 g/mol. The highest BCUT2D eigenvalue weighted by molar-refractivity contribution is 5.95. The molecule has 4 atom stereocenters. The lowest BCUT2D eigenvalue weighted by atomic mass is 10.0. The maximum Gasteiger partial charge on any atom is 0.326 e. The Balaban J connectivity index is 2.77. The summed E-state index contributed by atoms with van der Waals surface area (Å²) in [5.74, 6) is -4.92. The molecule has 0 aliphatic rings. The van der Waals surface area contributed by atoms with Crippen LogP contribution in [0.1, 0.15) is 39.2 Å². The van der Waals surface area contributed by atoms with E-state index in [1.807, 2.05) is 0 Å². The number of carboxylic acid groups (broad SMARTS) is 2. The minimum atomic E-state index is -1.47. The third kappa shape index (κ3) is 10.1. The minimum absolute atomic E-state index is 0.00607. The number of aliphatic carboxylic acids is 2. The molecule has 11 nitrogen and oxygen atoms in total. The molecule has 4 unspecified atom stereocenters. The van der Waals surface area contributed by atoms with E-state index < -0.39 is 60.2 Å². The number of nitrogens with two attached hydrogens (primary N) is 1. The number of carbonyl (C=O) groups excluding carboxylic acids is 3. The predicted octanol–water partition coefficient (Wildman–Crippen LogP) is -0.364. The molecule has 1 aromatic rings. The van der Waals surface area contributed by atoms with Gasteiger partial charge in [0.2, 0.25) is 17.7 Å². The smallest absolute Gasteiger partial charge is 0.326 e. The van der Waals surface area contributed by atoms with Crippen LogP contribution >= 0.6 is 0 Å². The molecule has 182 valence electrons. The van der Waals surface area contributed by atoms with Crippen LogP contribution in [-0.4, -0.2) is 64.0 Å². The van der Waals surface area contributed by atoms with E-state index in [0.29, 0.717) is 0 Å². The molecular weight excluding hydrogens is 432 g/mol. The van der Waals surface area contributed by atoms with Gasteiger partial charge in [-0.1, -0.05) is 44.2 Å². The molecular formula is C22H32N4O7.